The van der Waals surface area contributed by atoms with Crippen molar-refractivity contribution in [2.45, 2.75) is 13.8 Å². The van der Waals surface area contributed by atoms with Crippen LogP contribution in [0.3, 0.4) is 0 Å². The van der Waals surface area contributed by atoms with Crippen molar-refractivity contribution in [1.29, 1.82) is 0 Å². The van der Waals surface area contributed by atoms with Crippen molar-refractivity contribution in [1.82, 2.24) is 19.5 Å². The van der Waals surface area contributed by atoms with Crippen molar-refractivity contribution >= 4 is 29.0 Å². The van der Waals surface area contributed by atoms with E-state index in [1.165, 1.54) is 12.4 Å². The Morgan fingerprint density at radius 3 is 2.50 bits per heavy atom. The Bertz CT molecular complexity index is 875. The van der Waals surface area contributed by atoms with Crippen molar-refractivity contribution in [3.8, 4) is 5.95 Å². The number of benzene rings is 1. The summed E-state index contributed by atoms with van der Waals surface area (Å²) in [7, 11) is 0. The van der Waals surface area contributed by atoms with Crippen LogP contribution in [0.15, 0.2) is 43.0 Å². The van der Waals surface area contributed by atoms with Gasteiger partial charge in [-0.05, 0) is 31.5 Å². The maximum absolute atomic E-state index is 12.0. The summed E-state index contributed by atoms with van der Waals surface area (Å²) in [5.74, 6) is 1.26. The number of anilines is 2. The lowest BCUT2D eigenvalue weighted by atomic mass is 10.2. The predicted octanol–water partition coefficient (Wildman–Crippen LogP) is 3.58. The molecular weight excluding hydrogens is 328 g/mol. The number of aromatic nitrogens is 4. The third kappa shape index (κ3) is 3.52. The van der Waals surface area contributed by atoms with Gasteiger partial charge in [-0.3, -0.25) is 4.57 Å². The number of carbonyl (C=O) groups is 1. The fourth-order valence-corrected chi connectivity index (χ4v) is 2.39. The van der Waals surface area contributed by atoms with Crippen LogP contribution in [0.2, 0.25) is 5.02 Å². The topological polar surface area (TPSA) is 84.7 Å². The van der Waals surface area contributed by atoms with Crippen molar-refractivity contribution in [2.24, 2.45) is 0 Å². The van der Waals surface area contributed by atoms with Gasteiger partial charge in [0, 0.05) is 12.4 Å². The summed E-state index contributed by atoms with van der Waals surface area (Å²) in [6.07, 6.45) is 6.49. The van der Waals surface area contributed by atoms with Gasteiger partial charge in [0.2, 0.25) is 5.95 Å². The van der Waals surface area contributed by atoms with E-state index in [2.05, 4.69) is 25.6 Å². The molecule has 3 aromatic rings. The summed E-state index contributed by atoms with van der Waals surface area (Å²) in [4.78, 5) is 24.6. The van der Waals surface area contributed by atoms with Gasteiger partial charge in [0.25, 0.3) is 0 Å². The van der Waals surface area contributed by atoms with Gasteiger partial charge in [0.1, 0.15) is 5.82 Å². The largest absolute Gasteiger partial charge is 0.323 e. The highest BCUT2D eigenvalue weighted by atomic mass is 35.5. The number of imidazole rings is 1. The number of hydrogen-bond donors (Lipinski definition) is 2. The van der Waals surface area contributed by atoms with E-state index in [-0.39, 0.29) is 0 Å². The first kappa shape index (κ1) is 15.9. The number of hydrogen-bond acceptors (Lipinski definition) is 4. The number of carbonyl (C=O) groups excluding carboxylic acids is 1. The summed E-state index contributed by atoms with van der Waals surface area (Å²) >= 11 is 6.09. The molecule has 3 rings (SSSR count). The molecule has 8 heteroatoms. The highest BCUT2D eigenvalue weighted by molar-refractivity contribution is 6.33. The van der Waals surface area contributed by atoms with Gasteiger partial charge in [-0.1, -0.05) is 17.7 Å². The second-order valence-electron chi connectivity index (χ2n) is 5.18. The predicted molar refractivity (Wildman–Crippen MR) is 92.7 cm³/mol. The molecule has 0 atom stereocenters. The maximum Gasteiger partial charge on any atom is 0.323 e. The molecule has 0 bridgehead atoms. The van der Waals surface area contributed by atoms with Gasteiger partial charge >= 0.3 is 6.03 Å². The molecule has 0 aliphatic carbocycles. The Morgan fingerprint density at radius 2 is 1.88 bits per heavy atom. The Hall–Kier alpha value is -2.93. The van der Waals surface area contributed by atoms with Crippen molar-refractivity contribution in [3.63, 3.8) is 0 Å². The lowest BCUT2D eigenvalue weighted by Crippen LogP contribution is -2.20. The normalized spacial score (nSPS) is 10.5. The number of nitrogens with zero attached hydrogens (tertiary/aromatic N) is 4. The number of amides is 2. The molecule has 0 unspecified atom stereocenters. The fourth-order valence-electron chi connectivity index (χ4n) is 2.11. The molecule has 2 aromatic heterocycles. The molecule has 0 saturated heterocycles. The van der Waals surface area contributed by atoms with E-state index in [0.717, 1.165) is 11.4 Å². The van der Waals surface area contributed by atoms with Crippen LogP contribution in [-0.2, 0) is 0 Å². The van der Waals surface area contributed by atoms with E-state index in [4.69, 9.17) is 11.6 Å². The average Bonchev–Trinajstić information content (AvgIpc) is 2.97. The molecule has 2 heterocycles. The molecule has 0 aliphatic rings. The monoisotopic (exact) mass is 342 g/mol. The van der Waals surface area contributed by atoms with E-state index in [9.17, 15) is 4.79 Å². The summed E-state index contributed by atoms with van der Waals surface area (Å²) in [5, 5.41) is 5.82. The molecule has 1 aromatic carbocycles. The van der Waals surface area contributed by atoms with Gasteiger partial charge in [0.05, 0.1) is 28.8 Å². The zero-order chi connectivity index (χ0) is 17.1. The van der Waals surface area contributed by atoms with Gasteiger partial charge in [-0.2, -0.15) is 0 Å². The zero-order valence-electron chi connectivity index (χ0n) is 13.1. The lowest BCUT2D eigenvalue weighted by Gasteiger charge is -2.09. The van der Waals surface area contributed by atoms with Crippen LogP contribution < -0.4 is 10.6 Å². The Morgan fingerprint density at radius 1 is 1.12 bits per heavy atom. The molecule has 2 amide bonds. The first-order chi connectivity index (χ1) is 11.5. The fraction of sp³-hybridized carbons (Fsp3) is 0.125. The van der Waals surface area contributed by atoms with Gasteiger partial charge in [-0.15, -0.1) is 0 Å². The minimum absolute atomic E-state index is 0.420. The smallest absolute Gasteiger partial charge is 0.306 e. The molecule has 7 nitrogen and oxygen atoms in total. The molecular formula is C16H15ClN6O. The van der Waals surface area contributed by atoms with Gasteiger partial charge in [0.15, 0.2) is 0 Å². The van der Waals surface area contributed by atoms with Crippen LogP contribution in [0.1, 0.15) is 11.4 Å². The third-order valence-corrected chi connectivity index (χ3v) is 3.62. The van der Waals surface area contributed by atoms with E-state index >= 15 is 0 Å². The maximum atomic E-state index is 12.0. The molecule has 0 spiro atoms. The van der Waals surface area contributed by atoms with Crippen LogP contribution in [-0.4, -0.2) is 25.6 Å². The second-order valence-corrected chi connectivity index (χ2v) is 5.59. The number of rotatable bonds is 3. The van der Waals surface area contributed by atoms with Gasteiger partial charge in [-0.25, -0.2) is 19.7 Å². The average molecular weight is 343 g/mol. The standard InChI is InChI=1S/C16H15ClN6O/c1-10-3-4-14(13(17)7-10)22-16(24)21-12-8-19-15(20-9-12)23-6-5-18-11(23)2/h3-9H,1-2H3,(H2,21,22,24). The van der Waals surface area contributed by atoms with E-state index in [1.807, 2.05) is 19.9 Å². The van der Waals surface area contributed by atoms with Crippen molar-refractivity contribution < 1.29 is 4.79 Å². The van der Waals surface area contributed by atoms with E-state index in [1.54, 1.807) is 29.1 Å². The number of halogens is 1. The van der Waals surface area contributed by atoms with Crippen molar-refractivity contribution in [2.75, 3.05) is 10.6 Å². The summed E-state index contributed by atoms with van der Waals surface area (Å²) in [6, 6.07) is 4.98. The summed E-state index contributed by atoms with van der Waals surface area (Å²) in [5.41, 5.74) is 2.02. The second kappa shape index (κ2) is 6.67. The summed E-state index contributed by atoms with van der Waals surface area (Å²) < 4.78 is 1.75. The number of aryl methyl sites for hydroxylation is 2. The number of urea groups is 1. The van der Waals surface area contributed by atoms with Crippen LogP contribution in [0, 0.1) is 13.8 Å². The highest BCUT2D eigenvalue weighted by Crippen LogP contribution is 2.22. The van der Waals surface area contributed by atoms with E-state index < -0.39 is 6.03 Å². The quantitative estimate of drug-likeness (QED) is 0.762. The highest BCUT2D eigenvalue weighted by Gasteiger charge is 2.08. The molecule has 0 radical (unpaired) electrons. The first-order valence-electron chi connectivity index (χ1n) is 7.19. The summed E-state index contributed by atoms with van der Waals surface area (Å²) in [6.45, 7) is 3.78. The van der Waals surface area contributed by atoms with Crippen LogP contribution >= 0.6 is 11.6 Å². The molecule has 2 N–H and O–H groups in total. The Kier molecular flexibility index (Phi) is 4.43. The van der Waals surface area contributed by atoms with Crippen LogP contribution in [0.5, 0.6) is 0 Å². The molecule has 0 saturated carbocycles. The van der Waals surface area contributed by atoms with Gasteiger partial charge < -0.3 is 10.6 Å². The van der Waals surface area contributed by atoms with Crippen LogP contribution in [0.4, 0.5) is 16.2 Å². The molecule has 24 heavy (non-hydrogen) atoms. The first-order valence-corrected chi connectivity index (χ1v) is 7.57. The van der Waals surface area contributed by atoms with E-state index in [0.29, 0.717) is 22.3 Å². The SMILES string of the molecule is Cc1ccc(NC(=O)Nc2cnc(-n3ccnc3C)nc2)c(Cl)c1. The molecule has 122 valence electrons. The zero-order valence-corrected chi connectivity index (χ0v) is 13.9. The molecule has 0 aliphatic heterocycles. The van der Waals surface area contributed by atoms with Crippen molar-refractivity contribution in [3.05, 3.63) is 59.4 Å². The Balaban J connectivity index is 1.67. The third-order valence-electron chi connectivity index (χ3n) is 3.31. The minimum Gasteiger partial charge on any atom is -0.306 e. The number of nitrogens with one attached hydrogen (secondary N) is 2. The minimum atomic E-state index is -0.420. The van der Waals surface area contributed by atoms with Crippen LogP contribution in [0.25, 0.3) is 5.95 Å². The lowest BCUT2D eigenvalue weighted by molar-refractivity contribution is 0.262. The Labute approximate surface area is 143 Å². The molecule has 0 fully saturated rings.